The predicted octanol–water partition coefficient (Wildman–Crippen LogP) is 4.57. The van der Waals surface area contributed by atoms with Gasteiger partial charge in [0.05, 0.1) is 0 Å². The van der Waals surface area contributed by atoms with E-state index in [9.17, 15) is 4.79 Å². The molecule has 1 aliphatic carbocycles. The number of rotatable bonds is 4. The van der Waals surface area contributed by atoms with Gasteiger partial charge in [-0.2, -0.15) is 0 Å². The van der Waals surface area contributed by atoms with E-state index in [2.05, 4.69) is 5.32 Å². The van der Waals surface area contributed by atoms with E-state index in [4.69, 9.17) is 23.2 Å². The lowest BCUT2D eigenvalue weighted by Gasteiger charge is -2.35. The molecule has 1 amide bonds. The van der Waals surface area contributed by atoms with Crippen LogP contribution in [0.4, 0.5) is 0 Å². The summed E-state index contributed by atoms with van der Waals surface area (Å²) in [7, 11) is 0. The second kappa shape index (κ2) is 6.82. The smallest absolute Gasteiger partial charge is 0.251 e. The van der Waals surface area contributed by atoms with E-state index in [1.807, 2.05) is 13.0 Å². The molecule has 0 saturated heterocycles. The number of hydrogen-bond acceptors (Lipinski definition) is 1. The fourth-order valence-corrected chi connectivity index (χ4v) is 3.29. The van der Waals surface area contributed by atoms with Crippen LogP contribution in [0.15, 0.2) is 18.2 Å². The summed E-state index contributed by atoms with van der Waals surface area (Å²) in [5, 5.41) is 3.73. The Kier molecular flexibility index (Phi) is 5.34. The zero-order valence-corrected chi connectivity index (χ0v) is 13.4. The van der Waals surface area contributed by atoms with Gasteiger partial charge in [-0.15, -0.1) is 11.6 Å². The minimum absolute atomic E-state index is 0.0418. The molecule has 0 spiro atoms. The number of carbonyl (C=O) groups is 1. The third kappa shape index (κ3) is 3.67. The first-order valence-corrected chi connectivity index (χ1v) is 8.08. The van der Waals surface area contributed by atoms with Crippen LogP contribution >= 0.6 is 23.2 Å². The van der Waals surface area contributed by atoms with Gasteiger partial charge in [0.1, 0.15) is 0 Å². The Morgan fingerprint density at radius 1 is 1.30 bits per heavy atom. The molecule has 1 saturated carbocycles. The Labute approximate surface area is 130 Å². The van der Waals surface area contributed by atoms with Gasteiger partial charge < -0.3 is 5.32 Å². The van der Waals surface area contributed by atoms with E-state index in [-0.39, 0.29) is 11.3 Å². The average molecular weight is 314 g/mol. The molecule has 2 rings (SSSR count). The van der Waals surface area contributed by atoms with Gasteiger partial charge in [0, 0.05) is 28.4 Å². The van der Waals surface area contributed by atoms with Crippen LogP contribution < -0.4 is 5.32 Å². The molecular weight excluding hydrogens is 293 g/mol. The fourth-order valence-electron chi connectivity index (χ4n) is 2.82. The van der Waals surface area contributed by atoms with Gasteiger partial charge in [0.25, 0.3) is 5.91 Å². The Balaban J connectivity index is 1.98. The van der Waals surface area contributed by atoms with E-state index in [1.165, 1.54) is 19.3 Å². The van der Waals surface area contributed by atoms with Crippen molar-refractivity contribution in [3.63, 3.8) is 0 Å². The molecule has 2 nitrogen and oxygen atoms in total. The van der Waals surface area contributed by atoms with Crippen LogP contribution in [0.3, 0.4) is 0 Å². The van der Waals surface area contributed by atoms with Gasteiger partial charge in [0.2, 0.25) is 0 Å². The highest BCUT2D eigenvalue weighted by Gasteiger charge is 2.31. The Morgan fingerprint density at radius 3 is 2.60 bits per heavy atom. The van der Waals surface area contributed by atoms with Crippen LogP contribution in [0.2, 0.25) is 5.02 Å². The normalized spacial score (nSPS) is 17.8. The number of alkyl halides is 1. The van der Waals surface area contributed by atoms with Crippen molar-refractivity contribution in [2.75, 3.05) is 12.4 Å². The van der Waals surface area contributed by atoms with Gasteiger partial charge in [0.15, 0.2) is 0 Å². The SMILES string of the molecule is Cc1cc(C(=O)NCC2(CCl)CCCCC2)ccc1Cl. The number of aryl methyl sites for hydroxylation is 1. The van der Waals surface area contributed by atoms with Crippen LogP contribution in [0, 0.1) is 12.3 Å². The predicted molar refractivity (Wildman–Crippen MR) is 84.8 cm³/mol. The second-order valence-electron chi connectivity index (χ2n) is 5.84. The van der Waals surface area contributed by atoms with Crippen LogP contribution in [0.5, 0.6) is 0 Å². The highest BCUT2D eigenvalue weighted by atomic mass is 35.5. The van der Waals surface area contributed by atoms with Crippen molar-refractivity contribution in [3.8, 4) is 0 Å². The molecule has 1 fully saturated rings. The lowest BCUT2D eigenvalue weighted by Crippen LogP contribution is -2.40. The number of halogens is 2. The number of benzene rings is 1. The molecule has 0 heterocycles. The molecule has 0 atom stereocenters. The highest BCUT2D eigenvalue weighted by molar-refractivity contribution is 6.31. The quantitative estimate of drug-likeness (QED) is 0.811. The summed E-state index contributed by atoms with van der Waals surface area (Å²) in [6.45, 7) is 2.57. The molecule has 1 aromatic carbocycles. The van der Waals surface area contributed by atoms with E-state index in [1.54, 1.807) is 12.1 Å². The molecule has 4 heteroatoms. The molecule has 20 heavy (non-hydrogen) atoms. The van der Waals surface area contributed by atoms with Crippen molar-refractivity contribution in [2.24, 2.45) is 5.41 Å². The first-order chi connectivity index (χ1) is 9.56. The fraction of sp³-hybridized carbons (Fsp3) is 0.562. The molecule has 1 aromatic rings. The molecule has 0 aliphatic heterocycles. The summed E-state index contributed by atoms with van der Waals surface area (Å²) in [5.74, 6) is 0.576. The van der Waals surface area contributed by atoms with E-state index in [0.29, 0.717) is 23.0 Å². The molecule has 110 valence electrons. The molecule has 0 aromatic heterocycles. The van der Waals surface area contributed by atoms with Crippen molar-refractivity contribution < 1.29 is 4.79 Å². The lowest BCUT2D eigenvalue weighted by atomic mass is 9.75. The largest absolute Gasteiger partial charge is 0.351 e. The molecule has 0 radical (unpaired) electrons. The number of carbonyl (C=O) groups excluding carboxylic acids is 1. The van der Waals surface area contributed by atoms with Gasteiger partial charge in [-0.05, 0) is 43.5 Å². The third-order valence-electron chi connectivity index (χ3n) is 4.24. The summed E-state index contributed by atoms with van der Waals surface area (Å²) in [6.07, 6.45) is 5.92. The van der Waals surface area contributed by atoms with Gasteiger partial charge in [-0.1, -0.05) is 30.9 Å². The van der Waals surface area contributed by atoms with E-state index in [0.717, 1.165) is 18.4 Å². The number of hydrogen-bond donors (Lipinski definition) is 1. The second-order valence-corrected chi connectivity index (χ2v) is 6.52. The van der Waals surface area contributed by atoms with E-state index >= 15 is 0 Å². The van der Waals surface area contributed by atoms with Gasteiger partial charge in [-0.3, -0.25) is 4.79 Å². The Bertz CT molecular complexity index is 481. The standard InChI is InChI=1S/C16H21Cl2NO/c1-12-9-13(5-6-14(12)18)15(20)19-11-16(10-17)7-3-2-4-8-16/h5-6,9H,2-4,7-8,10-11H2,1H3,(H,19,20). The summed E-state index contributed by atoms with van der Waals surface area (Å²) in [6, 6.07) is 5.36. The lowest BCUT2D eigenvalue weighted by molar-refractivity contribution is 0.0921. The minimum atomic E-state index is -0.0418. The van der Waals surface area contributed by atoms with Crippen LogP contribution in [0.25, 0.3) is 0 Å². The molecule has 1 aliphatic rings. The maximum absolute atomic E-state index is 12.2. The zero-order valence-electron chi connectivity index (χ0n) is 11.8. The van der Waals surface area contributed by atoms with Crippen molar-refractivity contribution in [2.45, 2.75) is 39.0 Å². The summed E-state index contributed by atoms with van der Waals surface area (Å²) in [4.78, 5) is 12.2. The first kappa shape index (κ1) is 15.7. The van der Waals surface area contributed by atoms with Gasteiger partial charge in [-0.25, -0.2) is 0 Å². The summed E-state index contributed by atoms with van der Waals surface area (Å²) >= 11 is 12.1. The van der Waals surface area contributed by atoms with Crippen LogP contribution in [-0.2, 0) is 0 Å². The molecule has 0 unspecified atom stereocenters. The number of nitrogens with one attached hydrogen (secondary N) is 1. The highest BCUT2D eigenvalue weighted by Crippen LogP contribution is 2.36. The molecule has 1 N–H and O–H groups in total. The molecule has 0 bridgehead atoms. The third-order valence-corrected chi connectivity index (χ3v) is 5.23. The zero-order chi connectivity index (χ0) is 14.6. The van der Waals surface area contributed by atoms with Crippen molar-refractivity contribution in [3.05, 3.63) is 34.3 Å². The topological polar surface area (TPSA) is 29.1 Å². The minimum Gasteiger partial charge on any atom is -0.351 e. The van der Waals surface area contributed by atoms with Crippen LogP contribution in [0.1, 0.15) is 48.0 Å². The Hall–Kier alpha value is -0.730. The van der Waals surface area contributed by atoms with Gasteiger partial charge >= 0.3 is 0 Å². The van der Waals surface area contributed by atoms with Crippen molar-refractivity contribution >= 4 is 29.1 Å². The maximum Gasteiger partial charge on any atom is 0.251 e. The van der Waals surface area contributed by atoms with Crippen molar-refractivity contribution in [1.82, 2.24) is 5.32 Å². The molecular formula is C16H21Cl2NO. The van der Waals surface area contributed by atoms with Crippen molar-refractivity contribution in [1.29, 1.82) is 0 Å². The Morgan fingerprint density at radius 2 is 2.00 bits per heavy atom. The summed E-state index contributed by atoms with van der Waals surface area (Å²) in [5.41, 5.74) is 1.66. The summed E-state index contributed by atoms with van der Waals surface area (Å²) < 4.78 is 0. The monoisotopic (exact) mass is 313 g/mol. The number of amides is 1. The average Bonchev–Trinajstić information content (AvgIpc) is 2.48. The van der Waals surface area contributed by atoms with E-state index < -0.39 is 0 Å². The maximum atomic E-state index is 12.2. The van der Waals surface area contributed by atoms with Crippen LogP contribution in [-0.4, -0.2) is 18.3 Å². The first-order valence-electron chi connectivity index (χ1n) is 7.17.